The molecule has 1 saturated heterocycles. The summed E-state index contributed by atoms with van der Waals surface area (Å²) in [4.78, 5) is 27.1. The lowest BCUT2D eigenvalue weighted by atomic mass is 9.85. The molecule has 1 saturated carbocycles. The average Bonchev–Trinajstić information content (AvgIpc) is 3.01. The molecule has 2 N–H and O–H groups in total. The third kappa shape index (κ3) is 5.01. The summed E-state index contributed by atoms with van der Waals surface area (Å²) in [5.74, 6) is 0.565. The number of rotatable bonds is 8. The minimum atomic E-state index is -0.786. The third-order valence-corrected chi connectivity index (χ3v) is 6.59. The summed E-state index contributed by atoms with van der Waals surface area (Å²) in [6.07, 6.45) is 6.05. The van der Waals surface area contributed by atoms with Gasteiger partial charge in [-0.3, -0.25) is 14.5 Å². The molecule has 0 spiro atoms. The van der Waals surface area contributed by atoms with E-state index in [9.17, 15) is 14.7 Å². The van der Waals surface area contributed by atoms with E-state index in [1.165, 1.54) is 11.3 Å². The fraction of sp³-hybridized carbons (Fsp3) is 0.600. The Hall–Kier alpha value is -1.53. The smallest absolute Gasteiger partial charge is 0.320 e. The first kappa shape index (κ1) is 19.2. The van der Waals surface area contributed by atoms with Crippen LogP contribution in [0.4, 0.5) is 0 Å². The quantitative estimate of drug-likeness (QED) is 0.539. The Balaban J connectivity index is 1.41. The topological polar surface area (TPSA) is 69.6 Å². The number of carboxylic acids is 1. The number of amides is 1. The molecule has 1 aromatic carbocycles. The Morgan fingerprint density at radius 2 is 1.96 bits per heavy atom. The van der Waals surface area contributed by atoms with Crippen LogP contribution in [0.5, 0.6) is 0 Å². The normalized spacial score (nSPS) is 25.6. The van der Waals surface area contributed by atoms with Gasteiger partial charge in [-0.1, -0.05) is 31.0 Å². The lowest BCUT2D eigenvalue weighted by Gasteiger charge is -2.32. The van der Waals surface area contributed by atoms with E-state index < -0.39 is 12.0 Å². The van der Waals surface area contributed by atoms with E-state index in [0.29, 0.717) is 18.9 Å². The Labute approximate surface area is 159 Å². The SMILES string of the molecule is O=C(CN1C(C(=O)O)CC2CCCCC21)NCCCSc1ccccc1. The molecule has 6 heteroatoms. The molecule has 0 bridgehead atoms. The highest BCUT2D eigenvalue weighted by atomic mass is 32.2. The van der Waals surface area contributed by atoms with Gasteiger partial charge in [-0.25, -0.2) is 0 Å². The Morgan fingerprint density at radius 1 is 1.19 bits per heavy atom. The summed E-state index contributed by atoms with van der Waals surface area (Å²) in [5, 5.41) is 12.5. The van der Waals surface area contributed by atoms with E-state index in [1.54, 1.807) is 11.8 Å². The molecule has 0 radical (unpaired) electrons. The molecular weight excluding hydrogens is 348 g/mol. The van der Waals surface area contributed by atoms with Gasteiger partial charge in [0.2, 0.25) is 5.91 Å². The number of carbonyl (C=O) groups is 2. The van der Waals surface area contributed by atoms with E-state index in [-0.39, 0.29) is 18.5 Å². The highest BCUT2D eigenvalue weighted by molar-refractivity contribution is 7.99. The summed E-state index contributed by atoms with van der Waals surface area (Å²) in [7, 11) is 0. The van der Waals surface area contributed by atoms with Gasteiger partial charge in [0, 0.05) is 17.5 Å². The van der Waals surface area contributed by atoms with Crippen molar-refractivity contribution in [2.24, 2.45) is 5.92 Å². The maximum absolute atomic E-state index is 12.3. The van der Waals surface area contributed by atoms with Crippen molar-refractivity contribution in [2.75, 3.05) is 18.8 Å². The van der Waals surface area contributed by atoms with Crippen molar-refractivity contribution in [1.82, 2.24) is 10.2 Å². The predicted molar refractivity (Wildman–Crippen MR) is 103 cm³/mol. The minimum Gasteiger partial charge on any atom is -0.480 e. The van der Waals surface area contributed by atoms with Crippen molar-refractivity contribution >= 4 is 23.6 Å². The number of aliphatic carboxylic acids is 1. The van der Waals surface area contributed by atoms with Crippen molar-refractivity contribution in [3.05, 3.63) is 30.3 Å². The molecule has 1 amide bonds. The first-order chi connectivity index (χ1) is 12.6. The monoisotopic (exact) mass is 376 g/mol. The largest absolute Gasteiger partial charge is 0.480 e. The van der Waals surface area contributed by atoms with Crippen LogP contribution in [-0.4, -0.2) is 52.8 Å². The molecule has 1 aromatic rings. The number of nitrogens with one attached hydrogen (secondary N) is 1. The van der Waals surface area contributed by atoms with E-state index in [4.69, 9.17) is 0 Å². The van der Waals surface area contributed by atoms with E-state index >= 15 is 0 Å². The third-order valence-electron chi connectivity index (χ3n) is 5.49. The van der Waals surface area contributed by atoms with E-state index in [1.807, 2.05) is 23.1 Å². The molecule has 3 unspecified atom stereocenters. The zero-order chi connectivity index (χ0) is 18.4. The Bertz CT molecular complexity index is 610. The van der Waals surface area contributed by atoms with Crippen LogP contribution in [0.3, 0.4) is 0 Å². The first-order valence-corrected chi connectivity index (χ1v) is 10.6. The van der Waals surface area contributed by atoms with Crippen molar-refractivity contribution < 1.29 is 14.7 Å². The molecule has 5 nitrogen and oxygen atoms in total. The number of thioether (sulfide) groups is 1. The highest BCUT2D eigenvalue weighted by Crippen LogP contribution is 2.39. The summed E-state index contributed by atoms with van der Waals surface area (Å²) < 4.78 is 0. The fourth-order valence-corrected chi connectivity index (χ4v) is 5.13. The summed E-state index contributed by atoms with van der Waals surface area (Å²) >= 11 is 1.78. The number of hydrogen-bond acceptors (Lipinski definition) is 4. The minimum absolute atomic E-state index is 0.0489. The molecule has 1 aliphatic heterocycles. The number of fused-ring (bicyclic) bond motifs is 1. The number of benzene rings is 1. The number of hydrogen-bond donors (Lipinski definition) is 2. The Morgan fingerprint density at radius 3 is 2.73 bits per heavy atom. The zero-order valence-corrected chi connectivity index (χ0v) is 15.9. The van der Waals surface area contributed by atoms with E-state index in [2.05, 4.69) is 17.4 Å². The predicted octanol–water partition coefficient (Wildman–Crippen LogP) is 3.00. The number of likely N-dealkylation sites (tertiary alicyclic amines) is 1. The maximum Gasteiger partial charge on any atom is 0.320 e. The van der Waals surface area contributed by atoms with Crippen LogP contribution in [0.1, 0.15) is 38.5 Å². The zero-order valence-electron chi connectivity index (χ0n) is 15.1. The van der Waals surface area contributed by atoms with Crippen molar-refractivity contribution in [2.45, 2.75) is 55.5 Å². The van der Waals surface area contributed by atoms with Gasteiger partial charge in [-0.2, -0.15) is 0 Å². The molecule has 0 aromatic heterocycles. The highest BCUT2D eigenvalue weighted by Gasteiger charge is 2.45. The average molecular weight is 377 g/mol. The summed E-state index contributed by atoms with van der Waals surface area (Å²) in [5.41, 5.74) is 0. The number of carbonyl (C=O) groups excluding carboxylic acids is 1. The molecule has 2 fully saturated rings. The molecule has 1 heterocycles. The fourth-order valence-electron chi connectivity index (χ4n) is 4.25. The molecule has 26 heavy (non-hydrogen) atoms. The van der Waals surface area contributed by atoms with Crippen LogP contribution in [0.15, 0.2) is 35.2 Å². The van der Waals surface area contributed by atoms with Crippen LogP contribution in [-0.2, 0) is 9.59 Å². The van der Waals surface area contributed by atoms with Gasteiger partial charge in [0.05, 0.1) is 6.54 Å². The standard InChI is InChI=1S/C20H28N2O3S/c23-19(21-11-6-12-26-16-8-2-1-3-9-16)14-22-17-10-5-4-7-15(17)13-18(22)20(24)25/h1-3,8-9,15,17-18H,4-7,10-14H2,(H,21,23)(H,24,25). The van der Waals surface area contributed by atoms with Gasteiger partial charge in [0.15, 0.2) is 0 Å². The molecule has 142 valence electrons. The number of carboxylic acid groups (broad SMARTS) is 1. The van der Waals surface area contributed by atoms with Crippen LogP contribution in [0.2, 0.25) is 0 Å². The van der Waals surface area contributed by atoms with Gasteiger partial charge >= 0.3 is 5.97 Å². The van der Waals surface area contributed by atoms with Crippen LogP contribution in [0.25, 0.3) is 0 Å². The van der Waals surface area contributed by atoms with Gasteiger partial charge in [0.1, 0.15) is 6.04 Å². The lowest BCUT2D eigenvalue weighted by Crippen LogP contribution is -2.47. The van der Waals surface area contributed by atoms with Crippen LogP contribution >= 0.6 is 11.8 Å². The van der Waals surface area contributed by atoms with Gasteiger partial charge in [-0.15, -0.1) is 11.8 Å². The second-order valence-electron chi connectivity index (χ2n) is 7.24. The van der Waals surface area contributed by atoms with E-state index in [0.717, 1.165) is 31.4 Å². The molecule has 1 aliphatic carbocycles. The van der Waals surface area contributed by atoms with Gasteiger partial charge in [0.25, 0.3) is 0 Å². The maximum atomic E-state index is 12.3. The van der Waals surface area contributed by atoms with Gasteiger partial charge < -0.3 is 10.4 Å². The second kappa shape index (κ2) is 9.42. The van der Waals surface area contributed by atoms with Crippen molar-refractivity contribution in [1.29, 1.82) is 0 Å². The van der Waals surface area contributed by atoms with Crippen LogP contribution in [0, 0.1) is 5.92 Å². The molecular formula is C20H28N2O3S. The summed E-state index contributed by atoms with van der Waals surface area (Å²) in [6, 6.07) is 10.00. The second-order valence-corrected chi connectivity index (χ2v) is 8.41. The molecule has 3 rings (SSSR count). The summed E-state index contributed by atoms with van der Waals surface area (Å²) in [6.45, 7) is 0.850. The van der Waals surface area contributed by atoms with Gasteiger partial charge in [-0.05, 0) is 49.5 Å². The molecule has 2 aliphatic rings. The van der Waals surface area contributed by atoms with Crippen LogP contribution < -0.4 is 5.32 Å². The molecule has 3 atom stereocenters. The van der Waals surface area contributed by atoms with Crippen molar-refractivity contribution in [3.63, 3.8) is 0 Å². The van der Waals surface area contributed by atoms with Crippen molar-refractivity contribution in [3.8, 4) is 0 Å². The number of nitrogens with zero attached hydrogens (tertiary/aromatic N) is 1. The Kier molecular flexibility index (Phi) is 6.97. The lowest BCUT2D eigenvalue weighted by molar-refractivity contribution is -0.143. The first-order valence-electron chi connectivity index (χ1n) is 9.58.